The molecule has 3 nitrogen and oxygen atoms in total. The summed E-state index contributed by atoms with van der Waals surface area (Å²) in [6.45, 7) is 0. The smallest absolute Gasteiger partial charge is 0.132 e. The van der Waals surface area contributed by atoms with Crippen LogP contribution in [0.25, 0.3) is 0 Å². The quantitative estimate of drug-likeness (QED) is 0.289. The lowest BCUT2D eigenvalue weighted by molar-refractivity contribution is -0.00000344. The first kappa shape index (κ1) is 13.4. The van der Waals surface area contributed by atoms with Crippen molar-refractivity contribution in [3.05, 3.63) is 29.3 Å². The average Bonchev–Trinajstić information content (AvgIpc) is 2.58. The van der Waals surface area contributed by atoms with Gasteiger partial charge in [-0.25, -0.2) is 0 Å². The predicted molar refractivity (Wildman–Crippen MR) is 65.1 cm³/mol. The Kier molecular flexibility index (Phi) is 3.96. The van der Waals surface area contributed by atoms with Crippen molar-refractivity contribution in [3.63, 3.8) is 0 Å². The van der Waals surface area contributed by atoms with Crippen LogP contribution in [-0.4, -0.2) is 26.9 Å². The summed E-state index contributed by atoms with van der Waals surface area (Å²) < 4.78 is 0.850. The lowest BCUT2D eigenvalue weighted by Gasteiger charge is -2.23. The van der Waals surface area contributed by atoms with E-state index in [-0.39, 0.29) is 24.0 Å². The molecule has 0 atom stereocenters. The maximum absolute atomic E-state index is 5.36. The third kappa shape index (κ3) is 2.38. The fourth-order valence-corrected chi connectivity index (χ4v) is 2.01. The fourth-order valence-electron chi connectivity index (χ4n) is 2.01. The number of fused-ring (bicyclic) bond motifs is 1. The Bertz CT molecular complexity index is 419. The van der Waals surface area contributed by atoms with Gasteiger partial charge in [0.1, 0.15) is 5.69 Å². The van der Waals surface area contributed by atoms with Gasteiger partial charge in [0.15, 0.2) is 0 Å². The highest BCUT2D eigenvalue weighted by Gasteiger charge is 2.21. The first-order valence-corrected chi connectivity index (χ1v) is 5.24. The highest BCUT2D eigenvalue weighted by Crippen LogP contribution is 2.28. The Balaban J connectivity index is 0.00000128. The maximum Gasteiger partial charge on any atom is 0.132 e. The number of hydrazone groups is 1. The van der Waals surface area contributed by atoms with Crippen LogP contribution in [0.4, 0.5) is 5.69 Å². The van der Waals surface area contributed by atoms with Crippen molar-refractivity contribution in [2.24, 2.45) is 10.9 Å². The predicted octanol–water partition coefficient (Wildman–Crippen LogP) is -1.50. The summed E-state index contributed by atoms with van der Waals surface area (Å²) in [5.74, 6) is 5.36. The second-order valence-corrected chi connectivity index (χ2v) is 4.93. The van der Waals surface area contributed by atoms with Gasteiger partial charge >= 0.3 is 0 Å². The third-order valence-electron chi connectivity index (χ3n) is 2.96. The van der Waals surface area contributed by atoms with E-state index >= 15 is 0 Å². The average molecular weight is 331 g/mol. The van der Waals surface area contributed by atoms with E-state index < -0.39 is 0 Å². The molecule has 0 heterocycles. The Morgan fingerprint density at radius 3 is 2.44 bits per heavy atom. The number of hydrogen-bond acceptors (Lipinski definition) is 2. The van der Waals surface area contributed by atoms with Crippen LogP contribution in [0, 0.1) is 0 Å². The van der Waals surface area contributed by atoms with E-state index in [1.165, 1.54) is 16.8 Å². The van der Waals surface area contributed by atoms with Crippen LogP contribution in [-0.2, 0) is 6.42 Å². The van der Waals surface area contributed by atoms with Gasteiger partial charge in [0.2, 0.25) is 0 Å². The topological polar surface area (TPSA) is 38.4 Å². The van der Waals surface area contributed by atoms with E-state index in [1.807, 2.05) is 0 Å². The van der Waals surface area contributed by atoms with Gasteiger partial charge in [-0.1, -0.05) is 0 Å². The molecule has 0 amide bonds. The number of halogens is 1. The molecular weight excluding hydrogens is 313 g/mol. The highest BCUT2D eigenvalue weighted by atomic mass is 127. The number of rotatable bonds is 1. The molecule has 0 aromatic heterocycles. The summed E-state index contributed by atoms with van der Waals surface area (Å²) in [4.78, 5) is 0. The van der Waals surface area contributed by atoms with E-state index in [4.69, 9.17) is 5.84 Å². The van der Waals surface area contributed by atoms with Crippen molar-refractivity contribution in [2.45, 2.75) is 12.8 Å². The van der Waals surface area contributed by atoms with Gasteiger partial charge in [0.25, 0.3) is 0 Å². The molecule has 0 fully saturated rings. The first-order chi connectivity index (χ1) is 7.02. The number of aryl methyl sites for hydroxylation is 1. The van der Waals surface area contributed by atoms with Crippen molar-refractivity contribution >= 4 is 11.4 Å². The molecule has 1 aromatic rings. The number of quaternary nitrogens is 1. The summed E-state index contributed by atoms with van der Waals surface area (Å²) in [6, 6.07) is 6.58. The molecule has 1 aromatic carbocycles. The first-order valence-electron chi connectivity index (χ1n) is 5.24. The van der Waals surface area contributed by atoms with Gasteiger partial charge in [-0.3, -0.25) is 4.48 Å². The zero-order chi connectivity index (χ0) is 11.1. The molecule has 0 spiro atoms. The summed E-state index contributed by atoms with van der Waals surface area (Å²) in [5, 5.41) is 3.83. The van der Waals surface area contributed by atoms with Crippen molar-refractivity contribution in [1.82, 2.24) is 4.48 Å². The van der Waals surface area contributed by atoms with Gasteiger partial charge < -0.3 is 29.8 Å². The van der Waals surface area contributed by atoms with Crippen molar-refractivity contribution in [1.29, 1.82) is 0 Å². The molecule has 88 valence electrons. The van der Waals surface area contributed by atoms with Gasteiger partial charge in [0.05, 0.1) is 26.9 Å². The zero-order valence-electron chi connectivity index (χ0n) is 10.00. The monoisotopic (exact) mass is 331 g/mol. The van der Waals surface area contributed by atoms with Gasteiger partial charge in [-0.2, -0.15) is 5.10 Å². The van der Waals surface area contributed by atoms with Crippen LogP contribution < -0.4 is 34.3 Å². The van der Waals surface area contributed by atoms with Crippen LogP contribution in [0.3, 0.4) is 0 Å². The minimum Gasteiger partial charge on any atom is -1.00 e. The number of hydrogen-bond donors (Lipinski definition) is 1. The molecule has 1 aliphatic carbocycles. The second-order valence-electron chi connectivity index (χ2n) is 4.93. The number of nitrogens with two attached hydrogens (primary N) is 1. The van der Waals surface area contributed by atoms with Crippen LogP contribution >= 0.6 is 0 Å². The fraction of sp³-hybridized carbons (Fsp3) is 0.417. The molecule has 4 heteroatoms. The SMILES string of the molecule is C[N+](C)(C)c1ccc2c(c1)CC/C2=N\N.[I-]. The van der Waals surface area contributed by atoms with E-state index in [1.54, 1.807) is 0 Å². The van der Waals surface area contributed by atoms with E-state index in [9.17, 15) is 0 Å². The summed E-state index contributed by atoms with van der Waals surface area (Å²) in [5.41, 5.74) is 4.98. The van der Waals surface area contributed by atoms with Crippen molar-refractivity contribution in [2.75, 3.05) is 21.1 Å². The lowest BCUT2D eigenvalue weighted by Crippen LogP contribution is -3.00. The van der Waals surface area contributed by atoms with Gasteiger partial charge in [-0.15, -0.1) is 0 Å². The molecular formula is C12H18IN3. The Labute approximate surface area is 114 Å². The van der Waals surface area contributed by atoms with Crippen molar-refractivity contribution in [3.8, 4) is 0 Å². The minimum absolute atomic E-state index is 0. The van der Waals surface area contributed by atoms with E-state index in [0.29, 0.717) is 0 Å². The van der Waals surface area contributed by atoms with Crippen LogP contribution in [0.15, 0.2) is 23.3 Å². The normalized spacial score (nSPS) is 17.1. The van der Waals surface area contributed by atoms with E-state index in [0.717, 1.165) is 23.0 Å². The molecule has 0 unspecified atom stereocenters. The second kappa shape index (κ2) is 4.71. The van der Waals surface area contributed by atoms with Crippen LogP contribution in [0.2, 0.25) is 0 Å². The Morgan fingerprint density at radius 2 is 1.88 bits per heavy atom. The number of benzene rings is 1. The third-order valence-corrected chi connectivity index (χ3v) is 2.96. The molecule has 2 rings (SSSR count). The molecule has 1 aliphatic rings. The summed E-state index contributed by atoms with van der Waals surface area (Å²) >= 11 is 0. The van der Waals surface area contributed by atoms with Gasteiger partial charge in [0, 0.05) is 11.6 Å². The Hall–Kier alpha value is -0.620. The maximum atomic E-state index is 5.36. The van der Waals surface area contributed by atoms with Crippen LogP contribution in [0.5, 0.6) is 0 Å². The molecule has 0 aliphatic heterocycles. The molecule has 16 heavy (non-hydrogen) atoms. The number of nitrogens with zero attached hydrogens (tertiary/aromatic N) is 2. The Morgan fingerprint density at radius 1 is 1.19 bits per heavy atom. The van der Waals surface area contributed by atoms with Gasteiger partial charge in [-0.05, 0) is 30.5 Å². The summed E-state index contributed by atoms with van der Waals surface area (Å²) in [6.07, 6.45) is 2.05. The molecule has 0 bridgehead atoms. The highest BCUT2D eigenvalue weighted by molar-refractivity contribution is 6.04. The van der Waals surface area contributed by atoms with Crippen molar-refractivity contribution < 1.29 is 24.0 Å². The lowest BCUT2D eigenvalue weighted by atomic mass is 10.1. The largest absolute Gasteiger partial charge is 1.00 e. The molecule has 0 saturated carbocycles. The zero-order valence-corrected chi connectivity index (χ0v) is 12.2. The molecule has 2 N–H and O–H groups in total. The minimum atomic E-state index is 0. The molecule has 0 radical (unpaired) electrons. The van der Waals surface area contributed by atoms with Crippen LogP contribution in [0.1, 0.15) is 17.5 Å². The molecule has 0 saturated heterocycles. The summed E-state index contributed by atoms with van der Waals surface area (Å²) in [7, 11) is 6.53. The van der Waals surface area contributed by atoms with E-state index in [2.05, 4.69) is 44.4 Å². The standard InChI is InChI=1S/C12H18N3.HI/c1-15(2,3)10-5-6-11-9(8-10)4-7-12(11)14-13;/h5-6,8H,4,7,13H2,1-3H3;1H/q+1;/p-1/b14-12+;.